The predicted octanol–water partition coefficient (Wildman–Crippen LogP) is 5.35. The third-order valence-electron chi connectivity index (χ3n) is 6.30. The topological polar surface area (TPSA) is 106 Å². The van der Waals surface area contributed by atoms with Crippen molar-refractivity contribution >= 4 is 23.2 Å². The highest BCUT2D eigenvalue weighted by Gasteiger charge is 2.46. The molecule has 2 aromatic carbocycles. The zero-order valence-electron chi connectivity index (χ0n) is 20.9. The smallest absolute Gasteiger partial charge is 0.319 e. The van der Waals surface area contributed by atoms with Gasteiger partial charge < -0.3 is 14.0 Å². The number of hydrogen-bond donors (Lipinski definition) is 0. The van der Waals surface area contributed by atoms with Crippen molar-refractivity contribution in [2.24, 2.45) is 0 Å². The number of rotatable bonds is 6. The Balaban J connectivity index is 1.79. The van der Waals surface area contributed by atoms with Gasteiger partial charge in [0, 0.05) is 12.2 Å². The minimum atomic E-state index is -0.757. The quantitative estimate of drug-likeness (QED) is 0.329. The lowest BCUT2D eigenvalue weighted by atomic mass is 10.0. The summed E-state index contributed by atoms with van der Waals surface area (Å²) in [5.74, 6) is -0.567. The highest BCUT2D eigenvalue weighted by atomic mass is 35.5. The van der Waals surface area contributed by atoms with Crippen LogP contribution in [0, 0.1) is 17.1 Å². The molecule has 0 saturated heterocycles. The van der Waals surface area contributed by atoms with E-state index in [1.807, 2.05) is 18.4 Å². The number of fused-ring (bicyclic) bond motifs is 1. The maximum atomic E-state index is 15.3. The molecule has 4 aromatic rings. The van der Waals surface area contributed by atoms with Gasteiger partial charge in [-0.05, 0) is 43.7 Å². The van der Waals surface area contributed by atoms with Gasteiger partial charge in [0.05, 0.1) is 47.8 Å². The molecule has 1 atom stereocenters. The fourth-order valence-corrected chi connectivity index (χ4v) is 4.83. The molecule has 2 aromatic heterocycles. The Bertz CT molecular complexity index is 1600. The Labute approximate surface area is 223 Å². The molecule has 3 heterocycles. The highest BCUT2D eigenvalue weighted by molar-refractivity contribution is 6.31. The minimum absolute atomic E-state index is 0.0251. The number of carbonyl (C=O) groups is 1. The number of nitrogens with zero attached hydrogens (tertiary/aromatic N) is 6. The Hall–Kier alpha value is -4.49. The zero-order chi connectivity index (χ0) is 27.1. The van der Waals surface area contributed by atoms with E-state index in [1.165, 1.54) is 37.4 Å². The van der Waals surface area contributed by atoms with Crippen LogP contribution >= 0.6 is 11.6 Å². The van der Waals surface area contributed by atoms with Crippen molar-refractivity contribution in [3.05, 3.63) is 82.0 Å². The SMILES string of the molecule is COc1ncc(-c2nc3c(n2C(C)C)C(c2ccc(C#N)cc2)N(c2cccc(Cl)c2F)C3=O)c(OC)n1. The number of benzene rings is 2. The van der Waals surface area contributed by atoms with E-state index in [-0.39, 0.29) is 34.3 Å². The van der Waals surface area contributed by atoms with Gasteiger partial charge in [0.2, 0.25) is 5.88 Å². The molecule has 11 heteroatoms. The van der Waals surface area contributed by atoms with Crippen LogP contribution in [0.5, 0.6) is 11.9 Å². The fraction of sp³-hybridized carbons (Fsp3) is 0.222. The molecule has 0 aliphatic carbocycles. The molecule has 0 saturated carbocycles. The molecule has 38 heavy (non-hydrogen) atoms. The first-order valence-corrected chi connectivity index (χ1v) is 12.0. The van der Waals surface area contributed by atoms with Crippen molar-refractivity contribution in [3.63, 3.8) is 0 Å². The van der Waals surface area contributed by atoms with E-state index < -0.39 is 17.8 Å². The molecule has 1 aliphatic rings. The molecule has 1 amide bonds. The molecule has 1 unspecified atom stereocenters. The Morgan fingerprint density at radius 1 is 1.11 bits per heavy atom. The monoisotopic (exact) mass is 532 g/mol. The standard InChI is InChI=1S/C27H22ClFN6O3/c1-14(2)34-23-21(32-24(34)17-13-31-27(38-4)33-25(17)37-3)26(36)35(19-7-5-6-18(28)20(19)29)22(23)16-10-8-15(12-30)9-11-16/h5-11,13-14,22H,1-4H3. The second-order valence-electron chi connectivity index (χ2n) is 8.80. The minimum Gasteiger partial charge on any atom is -0.480 e. The van der Waals surface area contributed by atoms with Gasteiger partial charge in [0.25, 0.3) is 5.91 Å². The molecule has 0 N–H and O–H groups in total. The van der Waals surface area contributed by atoms with Crippen LogP contribution in [0.3, 0.4) is 0 Å². The van der Waals surface area contributed by atoms with Crippen molar-refractivity contribution in [2.75, 3.05) is 19.1 Å². The highest BCUT2D eigenvalue weighted by Crippen LogP contribution is 2.46. The normalized spacial score (nSPS) is 14.5. The van der Waals surface area contributed by atoms with Gasteiger partial charge in [-0.15, -0.1) is 0 Å². The van der Waals surface area contributed by atoms with Crippen LogP contribution in [0.1, 0.15) is 53.2 Å². The zero-order valence-corrected chi connectivity index (χ0v) is 21.7. The average molecular weight is 533 g/mol. The molecule has 0 fully saturated rings. The molecule has 0 bridgehead atoms. The van der Waals surface area contributed by atoms with E-state index in [1.54, 1.807) is 30.3 Å². The summed E-state index contributed by atoms with van der Waals surface area (Å²) in [6.45, 7) is 3.90. The van der Waals surface area contributed by atoms with Gasteiger partial charge in [0.1, 0.15) is 11.9 Å². The summed E-state index contributed by atoms with van der Waals surface area (Å²) in [7, 11) is 2.92. The van der Waals surface area contributed by atoms with Crippen molar-refractivity contribution in [1.29, 1.82) is 5.26 Å². The summed E-state index contributed by atoms with van der Waals surface area (Å²) in [6, 6.07) is 12.6. The number of ether oxygens (including phenoxy) is 2. The van der Waals surface area contributed by atoms with Gasteiger partial charge in [-0.3, -0.25) is 9.69 Å². The van der Waals surface area contributed by atoms with Crippen LogP contribution in [0.2, 0.25) is 5.02 Å². The summed E-state index contributed by atoms with van der Waals surface area (Å²) in [4.78, 5) is 28.5. The van der Waals surface area contributed by atoms with Crippen molar-refractivity contribution < 1.29 is 18.7 Å². The summed E-state index contributed by atoms with van der Waals surface area (Å²) >= 11 is 6.10. The molecule has 1 aliphatic heterocycles. The second kappa shape index (κ2) is 9.76. The number of amides is 1. The number of anilines is 1. The van der Waals surface area contributed by atoms with E-state index in [9.17, 15) is 10.1 Å². The van der Waals surface area contributed by atoms with Crippen LogP contribution in [0.25, 0.3) is 11.4 Å². The number of methoxy groups -OCH3 is 2. The molecule has 5 rings (SSSR count). The van der Waals surface area contributed by atoms with Gasteiger partial charge in [-0.1, -0.05) is 29.8 Å². The van der Waals surface area contributed by atoms with Crippen molar-refractivity contribution in [2.45, 2.75) is 25.9 Å². The van der Waals surface area contributed by atoms with Crippen LogP contribution in [-0.4, -0.2) is 39.6 Å². The summed E-state index contributed by atoms with van der Waals surface area (Å²) in [5, 5.41) is 9.19. The second-order valence-corrected chi connectivity index (χ2v) is 9.20. The summed E-state index contributed by atoms with van der Waals surface area (Å²) in [6.07, 6.45) is 1.52. The number of carbonyl (C=O) groups excluding carboxylic acids is 1. The molecule has 0 radical (unpaired) electrons. The van der Waals surface area contributed by atoms with E-state index in [0.717, 1.165) is 0 Å². The Kier molecular flexibility index (Phi) is 6.46. The largest absolute Gasteiger partial charge is 0.480 e. The number of hydrogen-bond acceptors (Lipinski definition) is 7. The van der Waals surface area contributed by atoms with Crippen molar-refractivity contribution in [1.82, 2.24) is 19.5 Å². The average Bonchev–Trinajstić information content (AvgIpc) is 3.45. The van der Waals surface area contributed by atoms with E-state index >= 15 is 4.39 Å². The Morgan fingerprint density at radius 2 is 1.84 bits per heavy atom. The van der Waals surface area contributed by atoms with Gasteiger partial charge in [-0.25, -0.2) is 14.4 Å². The van der Waals surface area contributed by atoms with Gasteiger partial charge in [0.15, 0.2) is 11.5 Å². The van der Waals surface area contributed by atoms with Gasteiger partial charge in [-0.2, -0.15) is 10.2 Å². The van der Waals surface area contributed by atoms with E-state index in [4.69, 9.17) is 26.1 Å². The first-order chi connectivity index (χ1) is 18.3. The predicted molar refractivity (Wildman–Crippen MR) is 138 cm³/mol. The molecular weight excluding hydrogens is 511 g/mol. The van der Waals surface area contributed by atoms with Crippen LogP contribution in [0.4, 0.5) is 10.1 Å². The maximum absolute atomic E-state index is 15.3. The lowest BCUT2D eigenvalue weighted by Gasteiger charge is -2.29. The van der Waals surface area contributed by atoms with Crippen LogP contribution < -0.4 is 14.4 Å². The van der Waals surface area contributed by atoms with Crippen LogP contribution in [-0.2, 0) is 0 Å². The maximum Gasteiger partial charge on any atom is 0.319 e. The number of nitriles is 1. The Morgan fingerprint density at radius 3 is 2.47 bits per heavy atom. The van der Waals surface area contributed by atoms with E-state index in [2.05, 4.69) is 16.0 Å². The van der Waals surface area contributed by atoms with E-state index in [0.29, 0.717) is 28.2 Å². The van der Waals surface area contributed by atoms with Crippen LogP contribution in [0.15, 0.2) is 48.7 Å². The first-order valence-electron chi connectivity index (χ1n) is 11.7. The van der Waals surface area contributed by atoms with Gasteiger partial charge >= 0.3 is 6.01 Å². The molecule has 0 spiro atoms. The third-order valence-corrected chi connectivity index (χ3v) is 6.59. The first kappa shape index (κ1) is 25.2. The number of aromatic nitrogens is 4. The van der Waals surface area contributed by atoms with Crippen molar-refractivity contribution in [3.8, 4) is 29.3 Å². The molecule has 192 valence electrons. The summed E-state index contributed by atoms with van der Waals surface area (Å²) < 4.78 is 27.8. The lowest BCUT2D eigenvalue weighted by molar-refractivity contribution is 0.0988. The summed E-state index contributed by atoms with van der Waals surface area (Å²) in [5.41, 5.74) is 2.32. The number of imidazole rings is 1. The third kappa shape index (κ3) is 3.92. The fourth-order valence-electron chi connectivity index (χ4n) is 4.66. The molecule has 9 nitrogen and oxygen atoms in total. The number of halogens is 2. The lowest BCUT2D eigenvalue weighted by Crippen LogP contribution is -2.31. The molecular formula is C27H22ClFN6O3.